The number of piperidine rings is 1. The van der Waals surface area contributed by atoms with Gasteiger partial charge >= 0.3 is 0 Å². The maximum Gasteiger partial charge on any atom is 0.251 e. The third-order valence-corrected chi connectivity index (χ3v) is 3.31. The molecule has 0 bridgehead atoms. The summed E-state index contributed by atoms with van der Waals surface area (Å²) in [5, 5.41) is 3.37. The molecule has 1 fully saturated rings. The molecule has 1 aliphatic heterocycles. The molecule has 1 unspecified atom stereocenters. The van der Waals surface area contributed by atoms with Gasteiger partial charge in [-0.1, -0.05) is 6.92 Å². The number of nitrogens with zero attached hydrogens (tertiary/aromatic N) is 1. The van der Waals surface area contributed by atoms with Crippen LogP contribution in [0.1, 0.15) is 26.7 Å². The first-order valence-corrected chi connectivity index (χ1v) is 6.21. The molecule has 1 amide bonds. The van der Waals surface area contributed by atoms with E-state index < -0.39 is 0 Å². The summed E-state index contributed by atoms with van der Waals surface area (Å²) in [6, 6.07) is 0. The average molecular weight is 228 g/mol. The molecule has 0 aliphatic carbocycles. The number of hydrogen-bond donors (Lipinski definition) is 1. The monoisotopic (exact) mass is 228 g/mol. The van der Waals surface area contributed by atoms with Crippen molar-refractivity contribution in [3.05, 3.63) is 0 Å². The zero-order valence-corrected chi connectivity index (χ0v) is 10.7. The Morgan fingerprint density at radius 3 is 2.62 bits per heavy atom. The molecule has 1 heterocycles. The molecular formula is C12H24N2O2. The van der Waals surface area contributed by atoms with Crippen LogP contribution in [0.4, 0.5) is 0 Å². The summed E-state index contributed by atoms with van der Waals surface area (Å²) >= 11 is 0. The van der Waals surface area contributed by atoms with Crippen LogP contribution in [0.3, 0.4) is 0 Å². The second-order valence-electron chi connectivity index (χ2n) is 4.45. The van der Waals surface area contributed by atoms with Crippen LogP contribution in [0.2, 0.25) is 0 Å². The van der Waals surface area contributed by atoms with Gasteiger partial charge in [0.25, 0.3) is 5.91 Å². The molecule has 1 atom stereocenters. The Hall–Kier alpha value is -0.610. The minimum atomic E-state index is -0.301. The highest BCUT2D eigenvalue weighted by molar-refractivity contribution is 5.80. The van der Waals surface area contributed by atoms with Crippen molar-refractivity contribution < 1.29 is 9.53 Å². The Balaban J connectivity index is 2.28. The van der Waals surface area contributed by atoms with Crippen molar-refractivity contribution in [3.63, 3.8) is 0 Å². The maximum absolute atomic E-state index is 11.8. The summed E-state index contributed by atoms with van der Waals surface area (Å²) < 4.78 is 5.05. The van der Waals surface area contributed by atoms with Gasteiger partial charge in [-0.2, -0.15) is 0 Å². The van der Waals surface area contributed by atoms with Crippen LogP contribution >= 0.6 is 0 Å². The first-order valence-electron chi connectivity index (χ1n) is 6.21. The summed E-state index contributed by atoms with van der Waals surface area (Å²) in [6.45, 7) is 7.80. The van der Waals surface area contributed by atoms with E-state index in [0.717, 1.165) is 44.9 Å². The first-order chi connectivity index (χ1) is 7.69. The molecule has 0 radical (unpaired) electrons. The topological polar surface area (TPSA) is 41.6 Å². The minimum absolute atomic E-state index is 0.129. The van der Waals surface area contributed by atoms with Crippen LogP contribution in [0, 0.1) is 5.92 Å². The van der Waals surface area contributed by atoms with E-state index in [1.54, 1.807) is 7.11 Å². The van der Waals surface area contributed by atoms with Gasteiger partial charge in [-0.15, -0.1) is 0 Å². The summed E-state index contributed by atoms with van der Waals surface area (Å²) in [5.74, 6) is 0.853. The largest absolute Gasteiger partial charge is 0.372 e. The lowest BCUT2D eigenvalue weighted by Gasteiger charge is -2.33. The minimum Gasteiger partial charge on any atom is -0.372 e. The molecule has 0 spiro atoms. The zero-order valence-electron chi connectivity index (χ0n) is 10.7. The summed E-state index contributed by atoms with van der Waals surface area (Å²) in [4.78, 5) is 13.8. The fourth-order valence-corrected chi connectivity index (χ4v) is 2.06. The Morgan fingerprint density at radius 2 is 2.12 bits per heavy atom. The third-order valence-electron chi connectivity index (χ3n) is 3.31. The number of amides is 1. The van der Waals surface area contributed by atoms with Gasteiger partial charge in [0.2, 0.25) is 0 Å². The van der Waals surface area contributed by atoms with Gasteiger partial charge in [0.1, 0.15) is 6.10 Å². The molecular weight excluding hydrogens is 204 g/mol. The normalized spacial score (nSPS) is 19.8. The van der Waals surface area contributed by atoms with Gasteiger partial charge in [-0.25, -0.2) is 0 Å². The number of ether oxygens (including phenoxy) is 1. The molecule has 4 nitrogen and oxygen atoms in total. The number of carbonyl (C=O) groups is 1. The van der Waals surface area contributed by atoms with Crippen molar-refractivity contribution in [2.45, 2.75) is 32.8 Å². The van der Waals surface area contributed by atoms with Gasteiger partial charge in [0.05, 0.1) is 0 Å². The van der Waals surface area contributed by atoms with Crippen molar-refractivity contribution in [1.29, 1.82) is 0 Å². The van der Waals surface area contributed by atoms with Crippen LogP contribution in [-0.4, -0.2) is 50.2 Å². The molecule has 94 valence electrons. The highest BCUT2D eigenvalue weighted by Crippen LogP contribution is 2.17. The number of likely N-dealkylation sites (tertiary alicyclic amines) is 1. The zero-order chi connectivity index (χ0) is 12.0. The molecule has 1 N–H and O–H groups in total. The standard InChI is InChI=1S/C12H24N2O2/c1-4-13-9-11-5-7-14(8-6-11)12(15)10(2)16-3/h10-11,13H,4-9H2,1-3H3. The predicted octanol–water partition coefficient (Wildman–Crippen LogP) is 0.869. The van der Waals surface area contributed by atoms with E-state index in [4.69, 9.17) is 4.74 Å². The molecule has 16 heavy (non-hydrogen) atoms. The van der Waals surface area contributed by atoms with Crippen LogP contribution in [0.25, 0.3) is 0 Å². The second-order valence-corrected chi connectivity index (χ2v) is 4.45. The quantitative estimate of drug-likeness (QED) is 0.759. The third kappa shape index (κ3) is 3.76. The SMILES string of the molecule is CCNCC1CCN(C(=O)C(C)OC)CC1. The highest BCUT2D eigenvalue weighted by atomic mass is 16.5. The lowest BCUT2D eigenvalue weighted by atomic mass is 9.96. The number of nitrogens with one attached hydrogen (secondary N) is 1. The van der Waals surface area contributed by atoms with Crippen molar-refractivity contribution in [2.24, 2.45) is 5.92 Å². The van der Waals surface area contributed by atoms with E-state index in [0.29, 0.717) is 0 Å². The molecule has 1 saturated heterocycles. The molecule has 1 rings (SSSR count). The summed E-state index contributed by atoms with van der Waals surface area (Å²) in [6.07, 6.45) is 1.91. The molecule has 0 aromatic carbocycles. The molecule has 4 heteroatoms. The second kappa shape index (κ2) is 6.86. The number of hydrogen-bond acceptors (Lipinski definition) is 3. The van der Waals surface area contributed by atoms with Crippen LogP contribution < -0.4 is 5.32 Å². The van der Waals surface area contributed by atoms with E-state index in [1.807, 2.05) is 11.8 Å². The summed E-state index contributed by atoms with van der Waals surface area (Å²) in [5.41, 5.74) is 0. The van der Waals surface area contributed by atoms with Crippen molar-refractivity contribution in [2.75, 3.05) is 33.3 Å². The van der Waals surface area contributed by atoms with Gasteiger partial charge in [-0.05, 0) is 38.8 Å². The Labute approximate surface area is 98.3 Å². The maximum atomic E-state index is 11.8. The van der Waals surface area contributed by atoms with Gasteiger partial charge in [-0.3, -0.25) is 4.79 Å². The lowest BCUT2D eigenvalue weighted by Crippen LogP contribution is -2.44. The van der Waals surface area contributed by atoms with E-state index >= 15 is 0 Å². The van der Waals surface area contributed by atoms with Crippen LogP contribution in [0.15, 0.2) is 0 Å². The molecule has 1 aliphatic rings. The fourth-order valence-electron chi connectivity index (χ4n) is 2.06. The van der Waals surface area contributed by atoms with Gasteiger partial charge in [0, 0.05) is 20.2 Å². The first kappa shape index (κ1) is 13.5. The Bertz CT molecular complexity index is 213. The highest BCUT2D eigenvalue weighted by Gasteiger charge is 2.25. The van der Waals surface area contributed by atoms with Gasteiger partial charge in [0.15, 0.2) is 0 Å². The van der Waals surface area contributed by atoms with E-state index in [1.165, 1.54) is 0 Å². The van der Waals surface area contributed by atoms with Gasteiger partial charge < -0.3 is 15.0 Å². The lowest BCUT2D eigenvalue weighted by molar-refractivity contribution is -0.142. The summed E-state index contributed by atoms with van der Waals surface area (Å²) in [7, 11) is 1.58. The number of rotatable bonds is 5. The fraction of sp³-hybridized carbons (Fsp3) is 0.917. The smallest absolute Gasteiger partial charge is 0.251 e. The van der Waals surface area contributed by atoms with E-state index in [2.05, 4.69) is 12.2 Å². The van der Waals surface area contributed by atoms with Crippen molar-refractivity contribution in [1.82, 2.24) is 10.2 Å². The van der Waals surface area contributed by atoms with E-state index in [-0.39, 0.29) is 12.0 Å². The van der Waals surface area contributed by atoms with Crippen molar-refractivity contribution in [3.8, 4) is 0 Å². The average Bonchev–Trinajstić information content (AvgIpc) is 2.35. The Morgan fingerprint density at radius 1 is 1.50 bits per heavy atom. The van der Waals surface area contributed by atoms with Crippen LogP contribution in [0.5, 0.6) is 0 Å². The Kier molecular flexibility index (Phi) is 5.77. The number of carbonyl (C=O) groups excluding carboxylic acids is 1. The van der Waals surface area contributed by atoms with E-state index in [9.17, 15) is 4.79 Å². The molecule has 0 aromatic heterocycles. The molecule has 0 aromatic rings. The predicted molar refractivity (Wildman–Crippen MR) is 64.3 cm³/mol. The van der Waals surface area contributed by atoms with Crippen LogP contribution in [-0.2, 0) is 9.53 Å². The number of methoxy groups -OCH3 is 1. The van der Waals surface area contributed by atoms with Crippen molar-refractivity contribution >= 4 is 5.91 Å². The molecule has 0 saturated carbocycles.